The maximum absolute atomic E-state index is 13.8. The number of hydrogen-bond donors (Lipinski definition) is 1. The predicted molar refractivity (Wildman–Crippen MR) is 148 cm³/mol. The molecule has 3 aromatic rings. The van der Waals surface area contributed by atoms with Crippen molar-refractivity contribution in [2.45, 2.75) is 44.2 Å². The molecule has 8 nitrogen and oxygen atoms in total. The summed E-state index contributed by atoms with van der Waals surface area (Å²) in [6.07, 6.45) is 1.75. The second-order valence-electron chi connectivity index (χ2n) is 8.85. The average Bonchev–Trinajstić information content (AvgIpc) is 2.95. The van der Waals surface area contributed by atoms with Gasteiger partial charge in [-0.3, -0.25) is 13.9 Å². The zero-order valence-electron chi connectivity index (χ0n) is 22.0. The number of benzene rings is 3. The number of nitrogens with zero attached hydrogens (tertiary/aromatic N) is 2. The van der Waals surface area contributed by atoms with Crippen LogP contribution in [0, 0.1) is 0 Å². The maximum atomic E-state index is 13.8. The summed E-state index contributed by atoms with van der Waals surface area (Å²) in [5.41, 5.74) is 1.11. The van der Waals surface area contributed by atoms with Crippen molar-refractivity contribution in [2.24, 2.45) is 0 Å². The molecule has 2 amide bonds. The summed E-state index contributed by atoms with van der Waals surface area (Å²) in [7, 11) is -2.63. The van der Waals surface area contributed by atoms with Gasteiger partial charge < -0.3 is 15.0 Å². The molecule has 0 saturated heterocycles. The van der Waals surface area contributed by atoms with Crippen molar-refractivity contribution < 1.29 is 22.7 Å². The van der Waals surface area contributed by atoms with Gasteiger partial charge in [0, 0.05) is 19.2 Å². The third-order valence-electron chi connectivity index (χ3n) is 6.14. The number of rotatable bonds is 13. The zero-order valence-corrected chi connectivity index (χ0v) is 22.9. The molecule has 0 aliphatic rings. The van der Waals surface area contributed by atoms with Gasteiger partial charge in [-0.25, -0.2) is 8.42 Å². The normalized spacial score (nSPS) is 11.9. The van der Waals surface area contributed by atoms with E-state index in [-0.39, 0.29) is 23.0 Å². The molecule has 3 aromatic carbocycles. The first-order valence-corrected chi connectivity index (χ1v) is 14.0. The lowest BCUT2D eigenvalue weighted by Crippen LogP contribution is -2.51. The van der Waals surface area contributed by atoms with E-state index in [0.29, 0.717) is 12.3 Å². The Morgan fingerprint density at radius 3 is 2.24 bits per heavy atom. The van der Waals surface area contributed by atoms with Crippen molar-refractivity contribution in [3.63, 3.8) is 0 Å². The second-order valence-corrected chi connectivity index (χ2v) is 10.7. The van der Waals surface area contributed by atoms with E-state index in [2.05, 4.69) is 5.32 Å². The molecule has 1 atom stereocenters. The molecule has 0 aliphatic carbocycles. The van der Waals surface area contributed by atoms with Gasteiger partial charge in [-0.05, 0) is 43.2 Å². The lowest BCUT2D eigenvalue weighted by Gasteiger charge is -2.32. The molecule has 0 radical (unpaired) electrons. The molecule has 9 heteroatoms. The third kappa shape index (κ3) is 7.35. The van der Waals surface area contributed by atoms with Crippen molar-refractivity contribution in [1.82, 2.24) is 10.2 Å². The van der Waals surface area contributed by atoms with Crippen molar-refractivity contribution in [3.05, 3.63) is 90.5 Å². The van der Waals surface area contributed by atoms with Crippen molar-refractivity contribution >= 4 is 27.5 Å². The van der Waals surface area contributed by atoms with Gasteiger partial charge in [0.05, 0.1) is 17.7 Å². The fraction of sp³-hybridized carbons (Fsp3) is 0.310. The molecule has 0 bridgehead atoms. The Morgan fingerprint density at radius 2 is 1.61 bits per heavy atom. The van der Waals surface area contributed by atoms with E-state index in [1.54, 1.807) is 49.4 Å². The van der Waals surface area contributed by atoms with Gasteiger partial charge in [0.2, 0.25) is 11.8 Å². The summed E-state index contributed by atoms with van der Waals surface area (Å²) >= 11 is 0. The maximum Gasteiger partial charge on any atom is 0.264 e. The second kappa shape index (κ2) is 13.6. The number of sulfonamides is 1. The van der Waals surface area contributed by atoms with Crippen LogP contribution in [-0.2, 0) is 26.2 Å². The first-order chi connectivity index (χ1) is 18.3. The van der Waals surface area contributed by atoms with Gasteiger partial charge in [-0.1, -0.05) is 67.9 Å². The van der Waals surface area contributed by atoms with E-state index in [1.165, 1.54) is 24.1 Å². The molecule has 0 aliphatic heterocycles. The predicted octanol–water partition coefficient (Wildman–Crippen LogP) is 4.22. The highest BCUT2D eigenvalue weighted by Crippen LogP contribution is 2.27. The van der Waals surface area contributed by atoms with Crippen LogP contribution in [0.4, 0.5) is 5.69 Å². The minimum atomic E-state index is -4.11. The Balaban J connectivity index is 1.99. The Labute approximate surface area is 225 Å². The molecule has 0 heterocycles. The average molecular weight is 538 g/mol. The fourth-order valence-electron chi connectivity index (χ4n) is 3.91. The number of carbonyl (C=O) groups excluding carboxylic acids is 2. The van der Waals surface area contributed by atoms with Crippen LogP contribution in [-0.4, -0.2) is 51.4 Å². The van der Waals surface area contributed by atoms with E-state index in [1.807, 2.05) is 37.3 Å². The topological polar surface area (TPSA) is 96.0 Å². The molecular formula is C29H35N3O5S. The Kier molecular flexibility index (Phi) is 10.3. The van der Waals surface area contributed by atoms with Crippen LogP contribution in [0.15, 0.2) is 89.8 Å². The van der Waals surface area contributed by atoms with Crippen LogP contribution < -0.4 is 14.4 Å². The molecule has 0 spiro atoms. The first kappa shape index (κ1) is 28.7. The minimum Gasteiger partial charge on any atom is -0.497 e. The Morgan fingerprint density at radius 1 is 0.947 bits per heavy atom. The number of nitrogens with one attached hydrogen (secondary N) is 1. The molecule has 38 heavy (non-hydrogen) atoms. The highest BCUT2D eigenvalue weighted by atomic mass is 32.2. The number of hydrogen-bond acceptors (Lipinski definition) is 5. The summed E-state index contributed by atoms with van der Waals surface area (Å²) < 4.78 is 33.9. The number of unbranched alkanes of at least 4 members (excludes halogenated alkanes) is 1. The Hall–Kier alpha value is -3.85. The molecule has 3 rings (SSSR count). The summed E-state index contributed by atoms with van der Waals surface area (Å²) in [6, 6.07) is 23.0. The van der Waals surface area contributed by atoms with Gasteiger partial charge >= 0.3 is 0 Å². The van der Waals surface area contributed by atoms with E-state index in [4.69, 9.17) is 4.74 Å². The SMILES string of the molecule is CCCCNC(=O)[C@H](C)N(Cc1ccccc1)C(=O)CN(c1cccc(OC)c1)S(=O)(=O)c1ccccc1. The van der Waals surface area contributed by atoms with Crippen LogP contribution in [0.2, 0.25) is 0 Å². The molecule has 1 N–H and O–H groups in total. The van der Waals surface area contributed by atoms with Crippen molar-refractivity contribution in [3.8, 4) is 5.75 Å². The van der Waals surface area contributed by atoms with Gasteiger partial charge in [-0.2, -0.15) is 0 Å². The monoisotopic (exact) mass is 537 g/mol. The molecule has 0 fully saturated rings. The summed E-state index contributed by atoms with van der Waals surface area (Å²) in [6.45, 7) is 3.85. The lowest BCUT2D eigenvalue weighted by atomic mass is 10.1. The summed E-state index contributed by atoms with van der Waals surface area (Å²) in [5, 5.41) is 2.88. The number of anilines is 1. The van der Waals surface area contributed by atoms with Gasteiger partial charge in [0.15, 0.2) is 0 Å². The van der Waals surface area contributed by atoms with Crippen LogP contribution >= 0.6 is 0 Å². The van der Waals surface area contributed by atoms with Crippen molar-refractivity contribution in [2.75, 3.05) is 24.5 Å². The lowest BCUT2D eigenvalue weighted by molar-refractivity contribution is -0.139. The number of methoxy groups -OCH3 is 1. The fourth-order valence-corrected chi connectivity index (χ4v) is 5.34. The molecular weight excluding hydrogens is 502 g/mol. The van der Waals surface area contributed by atoms with E-state index in [0.717, 1.165) is 22.7 Å². The molecule has 202 valence electrons. The van der Waals surface area contributed by atoms with E-state index < -0.39 is 28.5 Å². The van der Waals surface area contributed by atoms with Gasteiger partial charge in [-0.15, -0.1) is 0 Å². The zero-order chi connectivity index (χ0) is 27.5. The number of amides is 2. The quantitative estimate of drug-likeness (QED) is 0.329. The minimum absolute atomic E-state index is 0.0515. The van der Waals surface area contributed by atoms with Crippen LogP contribution in [0.3, 0.4) is 0 Å². The molecule has 0 aromatic heterocycles. The number of ether oxygens (including phenoxy) is 1. The Bertz CT molecular complexity index is 1300. The summed E-state index contributed by atoms with van der Waals surface area (Å²) in [4.78, 5) is 28.3. The van der Waals surface area contributed by atoms with Crippen LogP contribution in [0.5, 0.6) is 5.75 Å². The highest BCUT2D eigenvalue weighted by molar-refractivity contribution is 7.92. The first-order valence-electron chi connectivity index (χ1n) is 12.6. The standard InChI is InChI=1S/C29H35N3O5S/c1-4-5-19-30-29(34)23(2)31(21-24-13-8-6-9-14-24)28(33)22-32(25-15-12-16-26(20-25)37-3)38(35,36)27-17-10-7-11-18-27/h6-18,20,23H,4-5,19,21-22H2,1-3H3,(H,30,34)/t23-/m0/s1. The van der Waals surface area contributed by atoms with E-state index in [9.17, 15) is 18.0 Å². The molecule has 0 saturated carbocycles. The van der Waals surface area contributed by atoms with Gasteiger partial charge in [0.25, 0.3) is 10.0 Å². The van der Waals surface area contributed by atoms with Gasteiger partial charge in [0.1, 0.15) is 18.3 Å². The highest BCUT2D eigenvalue weighted by Gasteiger charge is 2.32. The van der Waals surface area contributed by atoms with Crippen LogP contribution in [0.25, 0.3) is 0 Å². The summed E-state index contributed by atoms with van der Waals surface area (Å²) in [5.74, 6) is -0.344. The molecule has 0 unspecified atom stereocenters. The van der Waals surface area contributed by atoms with Crippen LogP contribution in [0.1, 0.15) is 32.3 Å². The smallest absolute Gasteiger partial charge is 0.264 e. The van der Waals surface area contributed by atoms with E-state index >= 15 is 0 Å². The number of carbonyl (C=O) groups is 2. The largest absolute Gasteiger partial charge is 0.497 e. The third-order valence-corrected chi connectivity index (χ3v) is 7.93. The van der Waals surface area contributed by atoms with Crippen molar-refractivity contribution in [1.29, 1.82) is 0 Å².